The van der Waals surface area contributed by atoms with Gasteiger partial charge in [-0.15, -0.1) is 0 Å². The van der Waals surface area contributed by atoms with Crippen LogP contribution < -0.4 is 5.32 Å². The van der Waals surface area contributed by atoms with Gasteiger partial charge in [-0.3, -0.25) is 4.98 Å². The number of nitrogens with zero attached hydrogens (tertiary/aromatic N) is 1. The molecule has 3 nitrogen and oxygen atoms in total. The van der Waals surface area contributed by atoms with E-state index in [-0.39, 0.29) is 6.04 Å². The molecule has 0 aliphatic heterocycles. The van der Waals surface area contributed by atoms with Gasteiger partial charge in [0.05, 0.1) is 5.69 Å². The molecule has 0 amide bonds. The summed E-state index contributed by atoms with van der Waals surface area (Å²) in [5.74, 6) is 1.98. The fraction of sp³-hybridized carbons (Fsp3) is 0.500. The van der Waals surface area contributed by atoms with E-state index in [1.807, 2.05) is 13.8 Å². The Hall–Kier alpha value is -1.61. The summed E-state index contributed by atoms with van der Waals surface area (Å²) in [7, 11) is 0. The maximum Gasteiger partial charge on any atom is 0.105 e. The molecule has 0 aromatic carbocycles. The van der Waals surface area contributed by atoms with Crippen LogP contribution in [0.2, 0.25) is 0 Å². The van der Waals surface area contributed by atoms with Crippen LogP contribution in [-0.2, 0) is 19.4 Å². The predicted molar refractivity (Wildman–Crippen MR) is 84.3 cm³/mol. The molecule has 0 radical (unpaired) electrons. The first kappa shape index (κ1) is 14.3. The van der Waals surface area contributed by atoms with Gasteiger partial charge in [0.15, 0.2) is 0 Å². The number of rotatable bonds is 4. The third-order valence-corrected chi connectivity index (χ3v) is 4.37. The highest BCUT2D eigenvalue weighted by Gasteiger charge is 2.14. The van der Waals surface area contributed by atoms with Crippen LogP contribution in [0, 0.1) is 13.8 Å². The van der Waals surface area contributed by atoms with Crippen LogP contribution in [0.4, 0.5) is 0 Å². The minimum atomic E-state index is 0.278. The SMILES string of the molecule is Cc1cc(C(C)NCc2ccc3c(n2)CCCC3)c(C)o1. The summed E-state index contributed by atoms with van der Waals surface area (Å²) in [5.41, 5.74) is 5.13. The Morgan fingerprint density at radius 3 is 2.81 bits per heavy atom. The minimum absolute atomic E-state index is 0.278. The molecule has 0 spiro atoms. The van der Waals surface area contributed by atoms with Crippen molar-refractivity contribution < 1.29 is 4.42 Å². The van der Waals surface area contributed by atoms with E-state index in [2.05, 4.69) is 30.4 Å². The van der Waals surface area contributed by atoms with Crippen LogP contribution in [0.5, 0.6) is 0 Å². The number of hydrogen-bond donors (Lipinski definition) is 1. The highest BCUT2D eigenvalue weighted by Crippen LogP contribution is 2.22. The van der Waals surface area contributed by atoms with Gasteiger partial charge in [-0.2, -0.15) is 0 Å². The standard InChI is InChI=1S/C18H24N2O/c1-12-10-17(14(3)21-12)13(2)19-11-16-9-8-15-6-4-5-7-18(15)20-16/h8-10,13,19H,4-7,11H2,1-3H3. The first-order valence-electron chi connectivity index (χ1n) is 7.91. The fourth-order valence-electron chi connectivity index (χ4n) is 3.17. The van der Waals surface area contributed by atoms with E-state index in [1.54, 1.807) is 0 Å². The molecule has 0 bridgehead atoms. The Bertz CT molecular complexity index is 630. The van der Waals surface area contributed by atoms with Crippen LogP contribution >= 0.6 is 0 Å². The van der Waals surface area contributed by atoms with Crippen molar-refractivity contribution in [2.75, 3.05) is 0 Å². The molecule has 2 aromatic rings. The Balaban J connectivity index is 1.66. The maximum absolute atomic E-state index is 5.61. The van der Waals surface area contributed by atoms with E-state index < -0.39 is 0 Å². The molecule has 0 saturated carbocycles. The van der Waals surface area contributed by atoms with Gasteiger partial charge in [-0.05, 0) is 64.2 Å². The monoisotopic (exact) mass is 284 g/mol. The van der Waals surface area contributed by atoms with Gasteiger partial charge in [0.1, 0.15) is 11.5 Å². The molecule has 1 aliphatic carbocycles. The van der Waals surface area contributed by atoms with E-state index in [0.29, 0.717) is 0 Å². The Kier molecular flexibility index (Phi) is 4.11. The lowest BCUT2D eigenvalue weighted by atomic mass is 9.96. The van der Waals surface area contributed by atoms with Crippen molar-refractivity contribution >= 4 is 0 Å². The number of furan rings is 1. The summed E-state index contributed by atoms with van der Waals surface area (Å²) >= 11 is 0. The minimum Gasteiger partial charge on any atom is -0.466 e. The molecular weight excluding hydrogens is 260 g/mol. The van der Waals surface area contributed by atoms with Crippen molar-refractivity contribution in [2.24, 2.45) is 0 Å². The van der Waals surface area contributed by atoms with Crippen molar-refractivity contribution in [3.8, 4) is 0 Å². The molecule has 2 heterocycles. The molecule has 1 atom stereocenters. The van der Waals surface area contributed by atoms with Crippen molar-refractivity contribution in [1.29, 1.82) is 0 Å². The lowest BCUT2D eigenvalue weighted by Crippen LogP contribution is -2.19. The summed E-state index contributed by atoms with van der Waals surface area (Å²) in [5, 5.41) is 3.55. The zero-order chi connectivity index (χ0) is 14.8. The van der Waals surface area contributed by atoms with Gasteiger partial charge in [-0.25, -0.2) is 0 Å². The summed E-state index contributed by atoms with van der Waals surface area (Å²) in [6.07, 6.45) is 4.92. The smallest absolute Gasteiger partial charge is 0.105 e. The first-order chi connectivity index (χ1) is 10.1. The van der Waals surface area contributed by atoms with E-state index in [4.69, 9.17) is 9.40 Å². The number of pyridine rings is 1. The van der Waals surface area contributed by atoms with Crippen LogP contribution in [-0.4, -0.2) is 4.98 Å². The molecule has 3 heteroatoms. The molecule has 2 aromatic heterocycles. The van der Waals surface area contributed by atoms with Gasteiger partial charge in [0.25, 0.3) is 0 Å². The first-order valence-corrected chi connectivity index (χ1v) is 7.91. The lowest BCUT2D eigenvalue weighted by molar-refractivity contribution is 0.488. The van der Waals surface area contributed by atoms with Crippen LogP contribution in [0.25, 0.3) is 0 Å². The highest BCUT2D eigenvalue weighted by molar-refractivity contribution is 5.26. The van der Waals surface area contributed by atoms with E-state index in [9.17, 15) is 0 Å². The van der Waals surface area contributed by atoms with E-state index >= 15 is 0 Å². The lowest BCUT2D eigenvalue weighted by Gasteiger charge is -2.17. The highest BCUT2D eigenvalue weighted by atomic mass is 16.3. The molecule has 21 heavy (non-hydrogen) atoms. The third-order valence-electron chi connectivity index (χ3n) is 4.37. The summed E-state index contributed by atoms with van der Waals surface area (Å²) in [4.78, 5) is 4.82. The topological polar surface area (TPSA) is 38.1 Å². The third kappa shape index (κ3) is 3.18. The molecule has 1 aliphatic rings. The molecule has 3 rings (SSSR count). The summed E-state index contributed by atoms with van der Waals surface area (Å²) < 4.78 is 5.61. The summed E-state index contributed by atoms with van der Waals surface area (Å²) in [6, 6.07) is 6.82. The largest absolute Gasteiger partial charge is 0.466 e. The van der Waals surface area contributed by atoms with Crippen LogP contribution in [0.15, 0.2) is 22.6 Å². The maximum atomic E-state index is 5.61. The zero-order valence-electron chi connectivity index (χ0n) is 13.2. The fourth-order valence-corrected chi connectivity index (χ4v) is 3.17. The number of aryl methyl sites for hydroxylation is 4. The molecule has 0 fully saturated rings. The molecular formula is C18H24N2O. The van der Waals surface area contributed by atoms with Crippen molar-refractivity contribution in [1.82, 2.24) is 10.3 Å². The van der Waals surface area contributed by atoms with E-state index in [0.717, 1.165) is 30.2 Å². The molecule has 1 N–H and O–H groups in total. The Morgan fingerprint density at radius 2 is 2.05 bits per heavy atom. The second-order valence-corrected chi connectivity index (χ2v) is 6.09. The summed E-state index contributed by atoms with van der Waals surface area (Å²) in [6.45, 7) is 7.00. The van der Waals surface area contributed by atoms with Gasteiger partial charge in [0, 0.05) is 23.8 Å². The average molecular weight is 284 g/mol. The number of nitrogens with one attached hydrogen (secondary N) is 1. The van der Waals surface area contributed by atoms with Gasteiger partial charge >= 0.3 is 0 Å². The van der Waals surface area contributed by atoms with E-state index in [1.165, 1.54) is 36.1 Å². The number of aromatic nitrogens is 1. The second kappa shape index (κ2) is 6.02. The average Bonchev–Trinajstić information content (AvgIpc) is 2.83. The van der Waals surface area contributed by atoms with Gasteiger partial charge in [0.2, 0.25) is 0 Å². The van der Waals surface area contributed by atoms with Gasteiger partial charge in [-0.1, -0.05) is 6.07 Å². The van der Waals surface area contributed by atoms with Crippen molar-refractivity contribution in [3.05, 3.63) is 52.2 Å². The van der Waals surface area contributed by atoms with Crippen molar-refractivity contribution in [2.45, 2.75) is 59.0 Å². The second-order valence-electron chi connectivity index (χ2n) is 6.09. The van der Waals surface area contributed by atoms with Crippen LogP contribution in [0.3, 0.4) is 0 Å². The molecule has 0 saturated heterocycles. The quantitative estimate of drug-likeness (QED) is 0.921. The van der Waals surface area contributed by atoms with Crippen molar-refractivity contribution in [3.63, 3.8) is 0 Å². The molecule has 1 unspecified atom stereocenters. The number of hydrogen-bond acceptors (Lipinski definition) is 3. The number of fused-ring (bicyclic) bond motifs is 1. The normalized spacial score (nSPS) is 15.8. The van der Waals surface area contributed by atoms with Gasteiger partial charge < -0.3 is 9.73 Å². The Labute approximate surface area is 126 Å². The Morgan fingerprint density at radius 1 is 1.24 bits per heavy atom. The molecule has 112 valence electrons. The predicted octanol–water partition coefficient (Wildman–Crippen LogP) is 4.02. The zero-order valence-corrected chi connectivity index (χ0v) is 13.2. The van der Waals surface area contributed by atoms with Crippen LogP contribution in [0.1, 0.15) is 59.8 Å².